The number of pyridine rings is 1. The highest BCUT2D eigenvalue weighted by Crippen LogP contribution is 2.42. The largest absolute Gasteiger partial charge is 0.378 e. The van der Waals surface area contributed by atoms with Crippen molar-refractivity contribution < 1.29 is 9.53 Å². The Kier molecular flexibility index (Phi) is 8.16. The highest BCUT2D eigenvalue weighted by molar-refractivity contribution is 5.95. The van der Waals surface area contributed by atoms with E-state index in [4.69, 9.17) is 10.5 Å². The van der Waals surface area contributed by atoms with E-state index < -0.39 is 0 Å². The molecule has 3 aliphatic rings. The Balaban J connectivity index is 0.00000131. The van der Waals surface area contributed by atoms with E-state index in [0.29, 0.717) is 31.1 Å². The monoisotopic (exact) mass is 416 g/mol. The molecule has 4 rings (SSSR count). The number of hydrogen-bond acceptors (Lipinski definition) is 5. The first-order chi connectivity index (χ1) is 12.2. The van der Waals surface area contributed by atoms with Gasteiger partial charge in [-0.2, -0.15) is 0 Å². The molecule has 1 aliphatic heterocycles. The van der Waals surface area contributed by atoms with Gasteiger partial charge in [-0.1, -0.05) is 6.42 Å². The average Bonchev–Trinajstić information content (AvgIpc) is 2.62. The molecular formula is C19H30Cl2N4O2. The molecule has 1 aromatic rings. The first kappa shape index (κ1) is 22.2. The van der Waals surface area contributed by atoms with Crippen molar-refractivity contribution in [1.29, 1.82) is 0 Å². The van der Waals surface area contributed by atoms with Crippen molar-refractivity contribution in [3.05, 3.63) is 18.3 Å². The topological polar surface area (TPSA) is 80.5 Å². The molecule has 0 radical (unpaired) electrons. The molecule has 0 aromatic carbocycles. The van der Waals surface area contributed by atoms with Gasteiger partial charge in [0.1, 0.15) is 0 Å². The van der Waals surface area contributed by atoms with Crippen LogP contribution in [0.5, 0.6) is 0 Å². The molecule has 2 heterocycles. The quantitative estimate of drug-likeness (QED) is 0.791. The standard InChI is InChI=1S/C19H28N4O2.2ClH/c20-17-13-3-1-4-14(17)12-15(11-13)19(24)22-16-5-2-6-21-18(16)23-7-9-25-10-8-23;;/h2,5-6,13-15,17H,1,3-4,7-12,20H2,(H,22,24);2*1H. The zero-order chi connectivity index (χ0) is 17.2. The first-order valence-corrected chi connectivity index (χ1v) is 9.56. The zero-order valence-electron chi connectivity index (χ0n) is 15.5. The van der Waals surface area contributed by atoms with Crippen molar-refractivity contribution in [3.63, 3.8) is 0 Å². The zero-order valence-corrected chi connectivity index (χ0v) is 17.1. The van der Waals surface area contributed by atoms with Crippen LogP contribution in [0.2, 0.25) is 0 Å². The molecule has 1 aromatic heterocycles. The smallest absolute Gasteiger partial charge is 0.227 e. The van der Waals surface area contributed by atoms with E-state index in [-0.39, 0.29) is 36.6 Å². The Morgan fingerprint density at radius 3 is 2.52 bits per heavy atom. The molecule has 2 atom stereocenters. The number of carbonyl (C=O) groups excluding carboxylic acids is 1. The molecule has 27 heavy (non-hydrogen) atoms. The average molecular weight is 417 g/mol. The number of ether oxygens (including phenoxy) is 1. The van der Waals surface area contributed by atoms with Crippen molar-refractivity contribution in [2.45, 2.75) is 38.1 Å². The second-order valence-corrected chi connectivity index (χ2v) is 7.66. The van der Waals surface area contributed by atoms with Crippen LogP contribution in [-0.4, -0.2) is 43.2 Å². The molecule has 2 saturated carbocycles. The fourth-order valence-electron chi connectivity index (χ4n) is 4.76. The van der Waals surface area contributed by atoms with Gasteiger partial charge in [0.15, 0.2) is 5.82 Å². The Bertz CT molecular complexity index is 613. The number of anilines is 2. The van der Waals surface area contributed by atoms with Crippen LogP contribution in [0.4, 0.5) is 11.5 Å². The number of aromatic nitrogens is 1. The van der Waals surface area contributed by atoms with Gasteiger partial charge in [0.25, 0.3) is 0 Å². The lowest BCUT2D eigenvalue weighted by Crippen LogP contribution is -2.48. The number of carbonyl (C=O) groups is 1. The van der Waals surface area contributed by atoms with Crippen LogP contribution in [0.3, 0.4) is 0 Å². The summed E-state index contributed by atoms with van der Waals surface area (Å²) in [5, 5.41) is 3.16. The number of nitrogens with zero attached hydrogens (tertiary/aromatic N) is 2. The van der Waals surface area contributed by atoms with Gasteiger partial charge in [-0.3, -0.25) is 4.79 Å². The van der Waals surface area contributed by atoms with Gasteiger partial charge in [-0.25, -0.2) is 4.98 Å². The fraction of sp³-hybridized carbons (Fsp3) is 0.684. The van der Waals surface area contributed by atoms with Gasteiger partial charge in [0.05, 0.1) is 18.9 Å². The summed E-state index contributed by atoms with van der Waals surface area (Å²) >= 11 is 0. The van der Waals surface area contributed by atoms with Gasteiger partial charge < -0.3 is 20.7 Å². The predicted molar refractivity (Wildman–Crippen MR) is 112 cm³/mol. The molecular weight excluding hydrogens is 387 g/mol. The second kappa shape index (κ2) is 9.92. The fourth-order valence-corrected chi connectivity index (χ4v) is 4.76. The SMILES string of the molecule is Cl.Cl.NC1C2CCCC1CC(C(=O)Nc1cccnc1N1CCOCC1)C2. The lowest BCUT2D eigenvalue weighted by atomic mass is 9.65. The van der Waals surface area contributed by atoms with Crippen molar-refractivity contribution in [1.82, 2.24) is 4.98 Å². The van der Waals surface area contributed by atoms with Gasteiger partial charge in [0, 0.05) is 31.2 Å². The number of hydrogen-bond donors (Lipinski definition) is 2. The maximum atomic E-state index is 12.9. The van der Waals surface area contributed by atoms with E-state index in [0.717, 1.165) is 37.4 Å². The Morgan fingerprint density at radius 2 is 1.85 bits per heavy atom. The van der Waals surface area contributed by atoms with Crippen LogP contribution in [-0.2, 0) is 9.53 Å². The Morgan fingerprint density at radius 1 is 1.19 bits per heavy atom. The summed E-state index contributed by atoms with van der Waals surface area (Å²) in [4.78, 5) is 19.6. The summed E-state index contributed by atoms with van der Waals surface area (Å²) in [5.74, 6) is 2.08. The van der Waals surface area contributed by atoms with Gasteiger partial charge >= 0.3 is 0 Å². The molecule has 2 unspecified atom stereocenters. The third-order valence-electron chi connectivity index (χ3n) is 6.14. The summed E-state index contributed by atoms with van der Waals surface area (Å²) in [5.41, 5.74) is 7.17. The van der Waals surface area contributed by atoms with Crippen LogP contribution in [0, 0.1) is 17.8 Å². The van der Waals surface area contributed by atoms with Crippen LogP contribution in [0.25, 0.3) is 0 Å². The molecule has 8 heteroatoms. The van der Waals surface area contributed by atoms with Gasteiger partial charge in [-0.15, -0.1) is 24.8 Å². The number of fused-ring (bicyclic) bond motifs is 2. The van der Waals surface area contributed by atoms with Crippen LogP contribution in [0.1, 0.15) is 32.1 Å². The summed E-state index contributed by atoms with van der Waals surface area (Å²) in [7, 11) is 0. The summed E-state index contributed by atoms with van der Waals surface area (Å²) < 4.78 is 5.42. The van der Waals surface area contributed by atoms with E-state index >= 15 is 0 Å². The van der Waals surface area contributed by atoms with E-state index in [2.05, 4.69) is 15.2 Å². The molecule has 1 amide bonds. The summed E-state index contributed by atoms with van der Waals surface area (Å²) in [6, 6.07) is 4.12. The molecule has 6 nitrogen and oxygen atoms in total. The van der Waals surface area contributed by atoms with Crippen LogP contribution in [0.15, 0.2) is 18.3 Å². The lowest BCUT2D eigenvalue weighted by Gasteiger charge is -2.43. The van der Waals surface area contributed by atoms with Crippen molar-refractivity contribution in [2.75, 3.05) is 36.5 Å². The minimum atomic E-state index is 0. The van der Waals surface area contributed by atoms with E-state index in [1.165, 1.54) is 19.3 Å². The van der Waals surface area contributed by atoms with Gasteiger partial charge in [-0.05, 0) is 49.7 Å². The second-order valence-electron chi connectivity index (χ2n) is 7.66. The number of morpholine rings is 1. The van der Waals surface area contributed by atoms with Crippen molar-refractivity contribution in [2.24, 2.45) is 23.5 Å². The van der Waals surface area contributed by atoms with Crippen LogP contribution >= 0.6 is 24.8 Å². The number of rotatable bonds is 3. The third kappa shape index (κ3) is 4.86. The maximum Gasteiger partial charge on any atom is 0.227 e. The lowest BCUT2D eigenvalue weighted by molar-refractivity contribution is -0.122. The predicted octanol–water partition coefficient (Wildman–Crippen LogP) is 2.85. The number of amides is 1. The molecule has 2 bridgehead atoms. The van der Waals surface area contributed by atoms with E-state index in [9.17, 15) is 4.79 Å². The van der Waals surface area contributed by atoms with Crippen LogP contribution < -0.4 is 16.0 Å². The maximum absolute atomic E-state index is 12.9. The first-order valence-electron chi connectivity index (χ1n) is 9.56. The van der Waals surface area contributed by atoms with Crippen molar-refractivity contribution >= 4 is 42.2 Å². The van der Waals surface area contributed by atoms with E-state index in [1.807, 2.05) is 12.1 Å². The molecule has 3 fully saturated rings. The highest BCUT2D eigenvalue weighted by Gasteiger charge is 2.40. The molecule has 3 N–H and O–H groups in total. The third-order valence-corrected chi connectivity index (χ3v) is 6.14. The summed E-state index contributed by atoms with van der Waals surface area (Å²) in [6.07, 6.45) is 7.25. The number of nitrogens with one attached hydrogen (secondary N) is 1. The summed E-state index contributed by atoms with van der Waals surface area (Å²) in [6.45, 7) is 3.02. The molecule has 0 spiro atoms. The van der Waals surface area contributed by atoms with Gasteiger partial charge in [0.2, 0.25) is 5.91 Å². The highest BCUT2D eigenvalue weighted by atomic mass is 35.5. The van der Waals surface area contributed by atoms with E-state index in [1.54, 1.807) is 6.20 Å². The van der Waals surface area contributed by atoms with Crippen molar-refractivity contribution in [3.8, 4) is 0 Å². The minimum Gasteiger partial charge on any atom is -0.378 e. The Labute approximate surface area is 173 Å². The molecule has 2 aliphatic carbocycles. The Hall–Kier alpha value is -1.08. The molecule has 152 valence electrons. The number of nitrogens with two attached hydrogens (primary N) is 1. The molecule has 1 saturated heterocycles. The normalized spacial score (nSPS) is 29.9. The minimum absolute atomic E-state index is 0. The number of halogens is 2.